The van der Waals surface area contributed by atoms with Crippen LogP contribution in [0.1, 0.15) is 70.8 Å². The molecule has 132 valence electrons. The van der Waals surface area contributed by atoms with Gasteiger partial charge in [0.15, 0.2) is 5.82 Å². The first-order valence-corrected chi connectivity index (χ1v) is 8.49. The molecule has 3 rings (SSSR count). The molecule has 3 aromatic rings. The number of aromatic nitrogens is 6. The van der Waals surface area contributed by atoms with Crippen molar-refractivity contribution in [2.24, 2.45) is 0 Å². The predicted octanol–water partition coefficient (Wildman–Crippen LogP) is 3.75. The Balaban J connectivity index is 1.82. The van der Waals surface area contributed by atoms with Crippen LogP contribution in [0.25, 0.3) is 11.4 Å². The molecular formula is C18H24N6O. The Hall–Kier alpha value is -2.57. The van der Waals surface area contributed by atoms with Crippen LogP contribution in [-0.2, 0) is 5.41 Å². The Bertz CT molecular complexity index is 841. The number of rotatable bonds is 4. The second-order valence-corrected chi connectivity index (χ2v) is 7.59. The molecule has 0 saturated heterocycles. The maximum absolute atomic E-state index is 5.37. The van der Waals surface area contributed by atoms with E-state index in [1.165, 1.54) is 10.4 Å². The fourth-order valence-electron chi connectivity index (χ4n) is 2.33. The molecule has 0 amide bonds. The summed E-state index contributed by atoms with van der Waals surface area (Å²) in [6, 6.07) is 7.95. The lowest BCUT2D eigenvalue weighted by Gasteiger charge is -2.11. The summed E-state index contributed by atoms with van der Waals surface area (Å²) >= 11 is 0. The van der Waals surface area contributed by atoms with Crippen LogP contribution in [0.15, 0.2) is 28.8 Å². The van der Waals surface area contributed by atoms with Gasteiger partial charge < -0.3 is 4.52 Å². The summed E-state index contributed by atoms with van der Waals surface area (Å²) in [5.74, 6) is 2.22. The van der Waals surface area contributed by atoms with Gasteiger partial charge in [-0.1, -0.05) is 64.0 Å². The largest absolute Gasteiger partial charge is 0.337 e. The van der Waals surface area contributed by atoms with Gasteiger partial charge in [-0.25, -0.2) is 0 Å². The van der Waals surface area contributed by atoms with E-state index in [4.69, 9.17) is 4.52 Å². The van der Waals surface area contributed by atoms with E-state index in [0.717, 1.165) is 5.56 Å². The van der Waals surface area contributed by atoms with Crippen LogP contribution in [-0.4, -0.2) is 30.3 Å². The Morgan fingerprint density at radius 1 is 1.04 bits per heavy atom. The molecule has 0 aliphatic carbocycles. The highest BCUT2D eigenvalue weighted by molar-refractivity contribution is 5.54. The van der Waals surface area contributed by atoms with E-state index in [-0.39, 0.29) is 11.5 Å². The van der Waals surface area contributed by atoms with Gasteiger partial charge in [-0.3, -0.25) is 0 Å². The molecule has 0 spiro atoms. The summed E-state index contributed by atoms with van der Waals surface area (Å²) in [6.07, 6.45) is 0. The van der Waals surface area contributed by atoms with E-state index in [1.807, 2.05) is 39.8 Å². The van der Waals surface area contributed by atoms with Gasteiger partial charge in [0.1, 0.15) is 6.04 Å². The molecule has 0 fully saturated rings. The van der Waals surface area contributed by atoms with Crippen molar-refractivity contribution < 1.29 is 4.52 Å². The first kappa shape index (κ1) is 17.3. The van der Waals surface area contributed by atoms with E-state index >= 15 is 0 Å². The van der Waals surface area contributed by atoms with E-state index < -0.39 is 0 Å². The fraction of sp³-hybridized carbons (Fsp3) is 0.500. The highest BCUT2D eigenvalue weighted by Gasteiger charge is 2.25. The summed E-state index contributed by atoms with van der Waals surface area (Å²) in [4.78, 5) is 5.97. The van der Waals surface area contributed by atoms with Crippen LogP contribution in [0.4, 0.5) is 0 Å². The first-order valence-electron chi connectivity index (χ1n) is 8.49. The van der Waals surface area contributed by atoms with Crippen LogP contribution >= 0.6 is 0 Å². The fourth-order valence-corrected chi connectivity index (χ4v) is 2.33. The maximum Gasteiger partial charge on any atom is 0.253 e. The highest BCUT2D eigenvalue weighted by Crippen LogP contribution is 2.23. The third kappa shape index (κ3) is 3.60. The molecule has 1 aromatic carbocycles. The van der Waals surface area contributed by atoms with Crippen molar-refractivity contribution in [1.82, 2.24) is 30.3 Å². The molecule has 0 N–H and O–H groups in total. The van der Waals surface area contributed by atoms with Gasteiger partial charge in [0, 0.05) is 11.0 Å². The van der Waals surface area contributed by atoms with Gasteiger partial charge in [0.25, 0.3) is 5.89 Å². The molecule has 1 atom stereocenters. The monoisotopic (exact) mass is 340 g/mol. The number of nitrogens with zero attached hydrogens (tertiary/aromatic N) is 6. The average Bonchev–Trinajstić information content (AvgIpc) is 3.23. The van der Waals surface area contributed by atoms with Gasteiger partial charge in [-0.05, 0) is 23.6 Å². The zero-order valence-corrected chi connectivity index (χ0v) is 15.6. The van der Waals surface area contributed by atoms with Gasteiger partial charge in [-0.15, -0.1) is 10.2 Å². The molecule has 0 saturated carbocycles. The third-order valence-corrected chi connectivity index (χ3v) is 4.08. The average molecular weight is 340 g/mol. The maximum atomic E-state index is 5.37. The van der Waals surface area contributed by atoms with Crippen molar-refractivity contribution in [1.29, 1.82) is 0 Å². The Labute approximate surface area is 147 Å². The Morgan fingerprint density at radius 3 is 2.28 bits per heavy atom. The van der Waals surface area contributed by atoms with Crippen LogP contribution < -0.4 is 0 Å². The second-order valence-electron chi connectivity index (χ2n) is 7.59. The minimum atomic E-state index is -0.278. The van der Waals surface area contributed by atoms with E-state index in [9.17, 15) is 0 Å². The normalized spacial score (nSPS) is 13.4. The minimum absolute atomic E-state index is 0.166. The first-order chi connectivity index (χ1) is 11.8. The number of tetrazole rings is 1. The van der Waals surface area contributed by atoms with Crippen molar-refractivity contribution in [2.75, 3.05) is 0 Å². The number of hydrogen-bond donors (Lipinski definition) is 0. The minimum Gasteiger partial charge on any atom is -0.337 e. The number of hydrogen-bond acceptors (Lipinski definition) is 6. The molecule has 2 heterocycles. The predicted molar refractivity (Wildman–Crippen MR) is 94.2 cm³/mol. The summed E-state index contributed by atoms with van der Waals surface area (Å²) in [6.45, 7) is 12.4. The molecule has 0 aliphatic heterocycles. The van der Waals surface area contributed by atoms with Crippen LogP contribution in [0.5, 0.6) is 0 Å². The Morgan fingerprint density at radius 2 is 1.72 bits per heavy atom. The van der Waals surface area contributed by atoms with Crippen molar-refractivity contribution in [3.63, 3.8) is 0 Å². The quantitative estimate of drug-likeness (QED) is 0.719. The van der Waals surface area contributed by atoms with Gasteiger partial charge in [0.05, 0.1) is 0 Å². The van der Waals surface area contributed by atoms with E-state index in [1.54, 1.807) is 0 Å². The molecule has 7 nitrogen and oxygen atoms in total. The molecule has 0 bridgehead atoms. The standard InChI is InChI=1S/C18H24N6O/c1-11(2)13-7-9-14(10-8-13)15-20-23-24(21-15)12(3)16-19-17(22-25-16)18(4,5)6/h7-12H,1-6H3/t12-/m1/s1. The molecule has 7 heteroatoms. The van der Waals surface area contributed by atoms with Crippen molar-refractivity contribution in [2.45, 2.75) is 58.9 Å². The molecule has 25 heavy (non-hydrogen) atoms. The zero-order chi connectivity index (χ0) is 18.2. The lowest BCUT2D eigenvalue weighted by Crippen LogP contribution is -2.15. The van der Waals surface area contributed by atoms with Crippen LogP contribution in [0.2, 0.25) is 0 Å². The summed E-state index contributed by atoms with van der Waals surface area (Å²) in [5, 5.41) is 16.8. The van der Waals surface area contributed by atoms with E-state index in [2.05, 4.69) is 51.5 Å². The third-order valence-electron chi connectivity index (χ3n) is 4.08. The summed E-state index contributed by atoms with van der Waals surface area (Å²) < 4.78 is 5.37. The van der Waals surface area contributed by atoms with E-state index in [0.29, 0.717) is 23.5 Å². The van der Waals surface area contributed by atoms with Gasteiger partial charge >= 0.3 is 0 Å². The lowest BCUT2D eigenvalue weighted by atomic mass is 9.96. The Kier molecular flexibility index (Phi) is 4.41. The summed E-state index contributed by atoms with van der Waals surface area (Å²) in [7, 11) is 0. The zero-order valence-electron chi connectivity index (χ0n) is 15.6. The topological polar surface area (TPSA) is 82.5 Å². The smallest absolute Gasteiger partial charge is 0.253 e. The molecule has 2 aromatic heterocycles. The van der Waals surface area contributed by atoms with Crippen LogP contribution in [0, 0.1) is 0 Å². The van der Waals surface area contributed by atoms with Crippen LogP contribution in [0.3, 0.4) is 0 Å². The summed E-state index contributed by atoms with van der Waals surface area (Å²) in [5.41, 5.74) is 2.05. The SMILES string of the molecule is CC(C)c1ccc(-c2nnn([C@H](C)c3nc(C(C)(C)C)no3)n2)cc1. The van der Waals surface area contributed by atoms with Crippen molar-refractivity contribution >= 4 is 0 Å². The molecule has 0 radical (unpaired) electrons. The lowest BCUT2D eigenvalue weighted by molar-refractivity contribution is 0.315. The second kappa shape index (κ2) is 6.38. The van der Waals surface area contributed by atoms with Gasteiger partial charge in [0.2, 0.25) is 5.82 Å². The molecule has 0 aliphatic rings. The number of benzene rings is 1. The highest BCUT2D eigenvalue weighted by atomic mass is 16.5. The van der Waals surface area contributed by atoms with Crippen molar-refractivity contribution in [3.05, 3.63) is 41.5 Å². The molecule has 0 unspecified atom stereocenters. The molecular weight excluding hydrogens is 316 g/mol. The van der Waals surface area contributed by atoms with Gasteiger partial charge in [-0.2, -0.15) is 9.78 Å². The van der Waals surface area contributed by atoms with Crippen molar-refractivity contribution in [3.8, 4) is 11.4 Å².